The maximum Gasteiger partial charge on any atom is 0.343 e. The van der Waals surface area contributed by atoms with Crippen LogP contribution in [0.15, 0.2) is 57.1 Å². The molecule has 0 aliphatic carbocycles. The van der Waals surface area contributed by atoms with E-state index in [1.54, 1.807) is 42.5 Å². The lowest BCUT2D eigenvalue weighted by Gasteiger charge is -2.08. The van der Waals surface area contributed by atoms with Crippen molar-refractivity contribution in [1.29, 1.82) is 0 Å². The zero-order chi connectivity index (χ0) is 22.4. The summed E-state index contributed by atoms with van der Waals surface area (Å²) in [5.41, 5.74) is 0.818. The van der Waals surface area contributed by atoms with Crippen molar-refractivity contribution in [3.05, 3.63) is 58.1 Å². The van der Waals surface area contributed by atoms with E-state index in [9.17, 15) is 14.4 Å². The first kappa shape index (κ1) is 22.5. The van der Waals surface area contributed by atoms with E-state index in [0.29, 0.717) is 16.9 Å². The van der Waals surface area contributed by atoms with Crippen LogP contribution in [0.3, 0.4) is 0 Å². The molecule has 1 aliphatic rings. The van der Waals surface area contributed by atoms with Crippen molar-refractivity contribution in [3.63, 3.8) is 0 Å². The molecule has 0 radical (unpaired) electrons. The maximum absolute atomic E-state index is 12.4. The molecule has 1 atom stereocenters. The number of halogens is 1. The summed E-state index contributed by atoms with van der Waals surface area (Å²) >= 11 is 4.34. The Hall–Kier alpha value is -3.18. The highest BCUT2D eigenvalue weighted by molar-refractivity contribution is 9.10. The summed E-state index contributed by atoms with van der Waals surface area (Å²) in [6.45, 7) is 0. The van der Waals surface area contributed by atoms with E-state index in [-0.39, 0.29) is 17.3 Å². The van der Waals surface area contributed by atoms with Crippen LogP contribution in [-0.4, -0.2) is 46.7 Å². The first-order valence-electron chi connectivity index (χ1n) is 8.82. The number of rotatable bonds is 7. The number of benzene rings is 2. The second-order valence-electron chi connectivity index (χ2n) is 6.14. The van der Waals surface area contributed by atoms with Crippen LogP contribution in [0.5, 0.6) is 11.5 Å². The zero-order valence-electron chi connectivity index (χ0n) is 16.1. The van der Waals surface area contributed by atoms with Gasteiger partial charge in [-0.15, -0.1) is 5.10 Å². The summed E-state index contributed by atoms with van der Waals surface area (Å²) in [4.78, 5) is 35.0. The quantitative estimate of drug-likeness (QED) is 0.256. The van der Waals surface area contributed by atoms with Gasteiger partial charge in [-0.25, -0.2) is 4.79 Å². The predicted octanol–water partition coefficient (Wildman–Crippen LogP) is 3.07. The molecule has 0 saturated carbocycles. The summed E-state index contributed by atoms with van der Waals surface area (Å²) in [5.74, 6) is -1.18. The van der Waals surface area contributed by atoms with Crippen LogP contribution < -0.4 is 14.8 Å². The number of hydrogen-bond acceptors (Lipinski definition) is 8. The van der Waals surface area contributed by atoms with E-state index >= 15 is 0 Å². The Morgan fingerprint density at radius 3 is 2.68 bits per heavy atom. The lowest BCUT2D eigenvalue weighted by molar-refractivity contribution is -0.138. The van der Waals surface area contributed by atoms with E-state index in [2.05, 4.69) is 31.4 Å². The molecule has 2 N–H and O–H groups in total. The third-order valence-electron chi connectivity index (χ3n) is 3.98. The van der Waals surface area contributed by atoms with E-state index in [4.69, 9.17) is 14.6 Å². The van der Waals surface area contributed by atoms with Crippen LogP contribution >= 0.6 is 27.7 Å². The number of ether oxygens (including phenoxy) is 2. The van der Waals surface area contributed by atoms with Crippen LogP contribution in [0.2, 0.25) is 0 Å². The van der Waals surface area contributed by atoms with Crippen LogP contribution in [0, 0.1) is 0 Å². The van der Waals surface area contributed by atoms with Crippen molar-refractivity contribution in [3.8, 4) is 11.5 Å². The molecule has 0 spiro atoms. The Kier molecular flexibility index (Phi) is 7.42. The van der Waals surface area contributed by atoms with Gasteiger partial charge >= 0.3 is 11.9 Å². The van der Waals surface area contributed by atoms with Gasteiger partial charge in [0.1, 0.15) is 16.7 Å². The minimum absolute atomic E-state index is 0.194. The predicted molar refractivity (Wildman–Crippen MR) is 119 cm³/mol. The third kappa shape index (κ3) is 6.15. The number of carboxylic acids is 1. The Morgan fingerprint density at radius 2 is 2.00 bits per heavy atom. The van der Waals surface area contributed by atoms with Crippen molar-refractivity contribution in [2.24, 2.45) is 10.2 Å². The van der Waals surface area contributed by atoms with Crippen molar-refractivity contribution in [2.75, 3.05) is 7.11 Å². The fraction of sp³-hybridized carbons (Fsp3) is 0.150. The molecule has 2 aromatic carbocycles. The fourth-order valence-corrected chi connectivity index (χ4v) is 3.78. The molecule has 0 aromatic heterocycles. The van der Waals surface area contributed by atoms with Crippen molar-refractivity contribution in [1.82, 2.24) is 5.32 Å². The molecule has 3 rings (SSSR count). The Bertz CT molecular complexity index is 1070. The minimum atomic E-state index is -1.07. The van der Waals surface area contributed by atoms with Gasteiger partial charge in [0.15, 0.2) is 5.17 Å². The number of aliphatic carboxylic acids is 1. The SMILES string of the molecule is COc1ccc(C(=O)Oc2ccc(Br)cc2/C=N/N=C2\NC(=O)[C@H](CC(=O)O)S2)cc1. The van der Waals surface area contributed by atoms with Crippen molar-refractivity contribution in [2.45, 2.75) is 11.7 Å². The molecule has 1 fully saturated rings. The summed E-state index contributed by atoms with van der Waals surface area (Å²) in [6, 6.07) is 11.5. The third-order valence-corrected chi connectivity index (χ3v) is 5.55. The number of carboxylic acid groups (broad SMARTS) is 1. The van der Waals surface area contributed by atoms with Crippen molar-refractivity contribution < 1.29 is 29.0 Å². The van der Waals surface area contributed by atoms with Gasteiger partial charge in [-0.3, -0.25) is 9.59 Å². The number of carbonyl (C=O) groups excluding carboxylic acids is 2. The van der Waals surface area contributed by atoms with Gasteiger partial charge in [-0.1, -0.05) is 27.7 Å². The van der Waals surface area contributed by atoms with Gasteiger partial charge in [-0.2, -0.15) is 5.10 Å². The molecule has 1 saturated heterocycles. The molecular formula is C20H16BrN3O6S. The van der Waals surface area contributed by atoms with Gasteiger partial charge in [0.25, 0.3) is 0 Å². The number of hydrogen-bond donors (Lipinski definition) is 2. The Morgan fingerprint density at radius 1 is 1.26 bits per heavy atom. The molecule has 11 heteroatoms. The summed E-state index contributed by atoms with van der Waals surface area (Å²) < 4.78 is 11.3. The van der Waals surface area contributed by atoms with E-state index < -0.39 is 23.1 Å². The summed E-state index contributed by atoms with van der Waals surface area (Å²) in [6.07, 6.45) is 1.06. The maximum atomic E-state index is 12.4. The molecule has 31 heavy (non-hydrogen) atoms. The van der Waals surface area contributed by atoms with E-state index in [1.165, 1.54) is 13.3 Å². The normalized spacial score (nSPS) is 17.0. The number of amides is 1. The number of methoxy groups -OCH3 is 1. The van der Waals surface area contributed by atoms with Gasteiger partial charge in [0.05, 0.1) is 25.3 Å². The number of nitrogens with one attached hydrogen (secondary N) is 1. The lowest BCUT2D eigenvalue weighted by Crippen LogP contribution is -2.26. The molecule has 1 amide bonds. The zero-order valence-corrected chi connectivity index (χ0v) is 18.5. The Balaban J connectivity index is 1.73. The smallest absolute Gasteiger partial charge is 0.343 e. The van der Waals surface area contributed by atoms with Crippen LogP contribution in [0.4, 0.5) is 0 Å². The summed E-state index contributed by atoms with van der Waals surface area (Å²) in [7, 11) is 1.53. The van der Waals surface area contributed by atoms with Crippen LogP contribution in [0.1, 0.15) is 22.3 Å². The number of thioether (sulfide) groups is 1. The highest BCUT2D eigenvalue weighted by atomic mass is 79.9. The van der Waals surface area contributed by atoms with Crippen LogP contribution in [-0.2, 0) is 9.59 Å². The topological polar surface area (TPSA) is 127 Å². The van der Waals surface area contributed by atoms with Crippen molar-refractivity contribution >= 4 is 56.9 Å². The van der Waals surface area contributed by atoms with Crippen LogP contribution in [0.25, 0.3) is 0 Å². The molecule has 1 aliphatic heterocycles. The number of amidine groups is 1. The number of carbonyl (C=O) groups is 3. The lowest BCUT2D eigenvalue weighted by atomic mass is 10.2. The largest absolute Gasteiger partial charge is 0.497 e. The molecule has 0 unspecified atom stereocenters. The Labute approximate surface area is 189 Å². The first-order chi connectivity index (χ1) is 14.9. The average Bonchev–Trinajstić information content (AvgIpc) is 3.08. The standard InChI is InChI=1S/C20H16BrN3O6S/c1-29-14-5-2-11(3-6-14)19(28)30-15-7-4-13(21)8-12(15)10-22-24-20-23-18(27)16(31-20)9-17(25)26/h2-8,10,16H,9H2,1H3,(H,25,26)(H,23,24,27)/b22-10+/t16-/m0/s1. The minimum Gasteiger partial charge on any atom is -0.497 e. The number of nitrogens with zero attached hydrogens (tertiary/aromatic N) is 2. The molecule has 160 valence electrons. The summed E-state index contributed by atoms with van der Waals surface area (Å²) in [5, 5.41) is 18.6. The molecule has 9 nitrogen and oxygen atoms in total. The second-order valence-corrected chi connectivity index (χ2v) is 8.25. The monoisotopic (exact) mass is 505 g/mol. The van der Waals surface area contributed by atoms with Gasteiger partial charge in [0.2, 0.25) is 5.91 Å². The highest BCUT2D eigenvalue weighted by Gasteiger charge is 2.32. The molecule has 2 aromatic rings. The average molecular weight is 506 g/mol. The molecular weight excluding hydrogens is 490 g/mol. The first-order valence-corrected chi connectivity index (χ1v) is 10.5. The number of esters is 1. The molecule has 0 bridgehead atoms. The molecule has 1 heterocycles. The highest BCUT2D eigenvalue weighted by Crippen LogP contribution is 2.24. The second kappa shape index (κ2) is 10.2. The van der Waals surface area contributed by atoms with E-state index in [0.717, 1.165) is 16.2 Å². The van der Waals surface area contributed by atoms with Gasteiger partial charge < -0.3 is 19.9 Å². The van der Waals surface area contributed by atoms with E-state index in [1.807, 2.05) is 0 Å². The fourth-order valence-electron chi connectivity index (χ4n) is 2.49. The van der Waals surface area contributed by atoms with Gasteiger partial charge in [-0.05, 0) is 42.5 Å². The van der Waals surface area contributed by atoms with Gasteiger partial charge in [0, 0.05) is 10.0 Å².